The predicted octanol–water partition coefficient (Wildman–Crippen LogP) is 5.00. The van der Waals surface area contributed by atoms with Crippen molar-refractivity contribution in [1.29, 1.82) is 0 Å². The van der Waals surface area contributed by atoms with Crippen LogP contribution in [0.4, 0.5) is 5.69 Å². The van der Waals surface area contributed by atoms with Crippen LogP contribution < -0.4 is 9.64 Å². The fraction of sp³-hybridized carbons (Fsp3) is 0.290. The summed E-state index contributed by atoms with van der Waals surface area (Å²) in [7, 11) is 1.51. The molecule has 6 rings (SSSR count). The molecular weight excluding hydrogens is 518 g/mol. The highest BCUT2D eigenvalue weighted by molar-refractivity contribution is 6.32. The van der Waals surface area contributed by atoms with Gasteiger partial charge in [0, 0.05) is 33.2 Å². The summed E-state index contributed by atoms with van der Waals surface area (Å²) in [5.41, 5.74) is 3.41. The van der Waals surface area contributed by atoms with Gasteiger partial charge in [-0.2, -0.15) is 0 Å². The summed E-state index contributed by atoms with van der Waals surface area (Å²) in [6.07, 6.45) is 3.72. The standard InChI is InChI=1S/C31H26ClNO6/c1-14-4-5-16(11-23(14)32)33-30(37)19-8-7-18-20(27(19)31(33)38)13-22-25(35)10-15(2)29(36)28(22)26(18)21-12-17(39-3)6-9-24(21)34/h4-7,9-12,19-20,26-27,34H,8,13H2,1-3H3/t19-,20+,26+,27-/m0/s1. The molecule has 2 aromatic rings. The van der Waals surface area contributed by atoms with Gasteiger partial charge in [0.1, 0.15) is 11.5 Å². The number of hydrogen-bond donors (Lipinski definition) is 1. The number of benzene rings is 2. The number of aromatic hydroxyl groups is 1. The summed E-state index contributed by atoms with van der Waals surface area (Å²) >= 11 is 6.32. The van der Waals surface area contributed by atoms with Crippen LogP contribution in [0.5, 0.6) is 11.5 Å². The number of carbonyl (C=O) groups is 4. The van der Waals surface area contributed by atoms with Gasteiger partial charge in [0.05, 0.1) is 24.6 Å². The third kappa shape index (κ3) is 3.71. The van der Waals surface area contributed by atoms with Crippen LogP contribution in [0, 0.1) is 24.7 Å². The van der Waals surface area contributed by atoms with Crippen molar-refractivity contribution in [2.75, 3.05) is 12.0 Å². The number of ketones is 2. The van der Waals surface area contributed by atoms with Crippen LogP contribution in [-0.4, -0.2) is 35.6 Å². The molecule has 39 heavy (non-hydrogen) atoms. The largest absolute Gasteiger partial charge is 0.508 e. The Bertz CT molecular complexity index is 1600. The average molecular weight is 544 g/mol. The van der Waals surface area contributed by atoms with Crippen molar-refractivity contribution in [1.82, 2.24) is 0 Å². The first-order chi connectivity index (χ1) is 18.6. The summed E-state index contributed by atoms with van der Waals surface area (Å²) in [6, 6.07) is 9.86. The molecule has 4 aliphatic rings. The smallest absolute Gasteiger partial charge is 0.238 e. The normalized spacial score (nSPS) is 26.2. The number of fused-ring (bicyclic) bond motifs is 3. The van der Waals surface area contributed by atoms with Crippen molar-refractivity contribution < 1.29 is 29.0 Å². The Labute approximate surface area is 230 Å². The number of phenolic OH excluding ortho intramolecular Hbond substituents is 1. The summed E-state index contributed by atoms with van der Waals surface area (Å²) in [5, 5.41) is 11.4. The topological polar surface area (TPSA) is 101 Å². The van der Waals surface area contributed by atoms with Crippen LogP contribution in [0.2, 0.25) is 5.02 Å². The van der Waals surface area contributed by atoms with E-state index < -0.39 is 23.7 Å². The lowest BCUT2D eigenvalue weighted by atomic mass is 9.59. The Hall–Kier alpha value is -3.97. The first kappa shape index (κ1) is 25.3. The number of hydrogen-bond acceptors (Lipinski definition) is 6. The number of rotatable bonds is 3. The highest BCUT2D eigenvalue weighted by Crippen LogP contribution is 2.56. The summed E-state index contributed by atoms with van der Waals surface area (Å²) in [5.74, 6) is -3.31. The van der Waals surface area contributed by atoms with Gasteiger partial charge in [0.2, 0.25) is 11.8 Å². The molecule has 1 heterocycles. The Morgan fingerprint density at radius 3 is 2.49 bits per heavy atom. The zero-order valence-electron chi connectivity index (χ0n) is 21.7. The molecule has 1 N–H and O–H groups in total. The van der Waals surface area contributed by atoms with Gasteiger partial charge in [-0.05, 0) is 74.6 Å². The van der Waals surface area contributed by atoms with E-state index in [0.717, 1.165) is 11.1 Å². The number of nitrogens with zero attached hydrogens (tertiary/aromatic N) is 1. The minimum Gasteiger partial charge on any atom is -0.508 e. The minimum absolute atomic E-state index is 0.0477. The molecule has 2 aromatic carbocycles. The van der Waals surface area contributed by atoms with E-state index in [1.54, 1.807) is 37.3 Å². The number of halogens is 1. The lowest BCUT2D eigenvalue weighted by molar-refractivity contribution is -0.123. The van der Waals surface area contributed by atoms with Gasteiger partial charge in [-0.1, -0.05) is 29.3 Å². The van der Waals surface area contributed by atoms with Crippen molar-refractivity contribution in [2.24, 2.45) is 17.8 Å². The molecule has 0 aromatic heterocycles. The Morgan fingerprint density at radius 1 is 1.00 bits per heavy atom. The Kier molecular flexibility index (Phi) is 5.88. The molecule has 7 nitrogen and oxygen atoms in total. The maximum atomic E-state index is 14.0. The number of Topliss-reactive ketones (excluding diaryl/α,β-unsaturated/α-hetero) is 1. The number of ether oxygens (including phenoxy) is 1. The lowest BCUT2D eigenvalue weighted by Gasteiger charge is -2.42. The number of anilines is 1. The molecule has 0 radical (unpaired) electrons. The second-order valence-electron chi connectivity index (χ2n) is 10.6. The van der Waals surface area contributed by atoms with Crippen LogP contribution in [-0.2, 0) is 19.2 Å². The lowest BCUT2D eigenvalue weighted by Crippen LogP contribution is -2.39. The van der Waals surface area contributed by atoms with Gasteiger partial charge in [-0.3, -0.25) is 19.2 Å². The van der Waals surface area contributed by atoms with Crippen LogP contribution in [0.25, 0.3) is 0 Å². The van der Waals surface area contributed by atoms with Crippen LogP contribution in [0.1, 0.15) is 36.8 Å². The molecule has 0 bridgehead atoms. The molecule has 8 heteroatoms. The predicted molar refractivity (Wildman–Crippen MR) is 145 cm³/mol. The molecule has 0 saturated carbocycles. The molecule has 3 aliphatic carbocycles. The van der Waals surface area contributed by atoms with Gasteiger partial charge in [-0.15, -0.1) is 0 Å². The van der Waals surface area contributed by atoms with Gasteiger partial charge < -0.3 is 9.84 Å². The molecule has 198 valence electrons. The molecule has 2 amide bonds. The third-order valence-corrected chi connectivity index (χ3v) is 8.93. The minimum atomic E-state index is -0.749. The van der Waals surface area contributed by atoms with Gasteiger partial charge >= 0.3 is 0 Å². The van der Waals surface area contributed by atoms with E-state index in [-0.39, 0.29) is 35.6 Å². The number of allylic oxidation sites excluding steroid dienone is 6. The molecule has 1 fully saturated rings. The first-order valence-corrected chi connectivity index (χ1v) is 13.2. The van der Waals surface area contributed by atoms with Crippen LogP contribution in [0.15, 0.2) is 70.8 Å². The quantitative estimate of drug-likeness (QED) is 0.332. The maximum absolute atomic E-state index is 14.0. The second kappa shape index (κ2) is 9.06. The van der Waals surface area contributed by atoms with E-state index >= 15 is 0 Å². The Morgan fingerprint density at radius 2 is 1.77 bits per heavy atom. The zero-order chi connectivity index (χ0) is 27.7. The number of carbonyl (C=O) groups excluding carboxylic acids is 4. The van der Waals surface area contributed by atoms with E-state index in [1.807, 2.05) is 13.0 Å². The summed E-state index contributed by atoms with van der Waals surface area (Å²) in [6.45, 7) is 3.45. The maximum Gasteiger partial charge on any atom is 0.238 e. The molecule has 0 spiro atoms. The van der Waals surface area contributed by atoms with E-state index in [2.05, 4.69) is 0 Å². The highest BCUT2D eigenvalue weighted by atomic mass is 35.5. The fourth-order valence-corrected chi connectivity index (χ4v) is 6.76. The van der Waals surface area contributed by atoms with E-state index in [9.17, 15) is 24.3 Å². The van der Waals surface area contributed by atoms with Crippen LogP contribution in [0.3, 0.4) is 0 Å². The van der Waals surface area contributed by atoms with Crippen LogP contribution >= 0.6 is 11.6 Å². The van der Waals surface area contributed by atoms with Crippen molar-refractivity contribution in [3.63, 3.8) is 0 Å². The van der Waals surface area contributed by atoms with E-state index in [0.29, 0.717) is 45.2 Å². The Balaban J connectivity index is 1.50. The highest BCUT2D eigenvalue weighted by Gasteiger charge is 2.56. The first-order valence-electron chi connectivity index (χ1n) is 12.8. The number of imide groups is 1. The number of amides is 2. The summed E-state index contributed by atoms with van der Waals surface area (Å²) in [4.78, 5) is 55.5. The monoisotopic (exact) mass is 543 g/mol. The van der Waals surface area contributed by atoms with E-state index in [4.69, 9.17) is 16.3 Å². The number of methoxy groups -OCH3 is 1. The van der Waals surface area contributed by atoms with Crippen molar-refractivity contribution in [3.05, 3.63) is 87.0 Å². The number of phenols is 1. The van der Waals surface area contributed by atoms with Gasteiger partial charge in [-0.25, -0.2) is 4.90 Å². The van der Waals surface area contributed by atoms with E-state index in [1.165, 1.54) is 24.2 Å². The SMILES string of the molecule is COc1ccc(O)c([C@H]2C3=CC[C@@H]4C(=O)N(c5ccc(C)c(Cl)c5)C(=O)[C@@H]4[C@@H]3CC3=C2C(=O)C(C)=CC3=O)c1. The molecule has 4 atom stereocenters. The molecular formula is C31H26ClNO6. The third-order valence-electron chi connectivity index (χ3n) is 8.52. The second-order valence-corrected chi connectivity index (χ2v) is 11.0. The summed E-state index contributed by atoms with van der Waals surface area (Å²) < 4.78 is 5.40. The average Bonchev–Trinajstić information content (AvgIpc) is 3.18. The molecule has 1 aliphatic heterocycles. The van der Waals surface area contributed by atoms with Crippen molar-refractivity contribution >= 4 is 40.7 Å². The van der Waals surface area contributed by atoms with Gasteiger partial charge in [0.15, 0.2) is 11.6 Å². The zero-order valence-corrected chi connectivity index (χ0v) is 22.4. The molecule has 1 saturated heterocycles. The number of aryl methyl sites for hydroxylation is 1. The fourth-order valence-electron chi connectivity index (χ4n) is 6.58. The molecule has 0 unspecified atom stereocenters. The van der Waals surface area contributed by atoms with Crippen molar-refractivity contribution in [2.45, 2.75) is 32.6 Å². The van der Waals surface area contributed by atoms with Gasteiger partial charge in [0.25, 0.3) is 0 Å². The van der Waals surface area contributed by atoms with Crippen molar-refractivity contribution in [3.8, 4) is 11.5 Å².